The van der Waals surface area contributed by atoms with Gasteiger partial charge in [0.2, 0.25) is 0 Å². The van der Waals surface area contributed by atoms with E-state index in [-0.39, 0.29) is 0 Å². The lowest BCUT2D eigenvalue weighted by molar-refractivity contribution is 0.271. The Labute approximate surface area is 119 Å². The van der Waals surface area contributed by atoms with Crippen LogP contribution in [0.2, 0.25) is 0 Å². The number of nitrogens with two attached hydrogens (primary N) is 1. The standard InChI is InChI=1S/C16H18N4/c17-9-11-4-5-16(6-12(11)10-18)20-14-2-1-3-15(20)8-13(19)7-14/h4-6,13-15H,1-3,7-8,19H2. The van der Waals surface area contributed by atoms with Crippen molar-refractivity contribution in [3.8, 4) is 12.1 Å². The van der Waals surface area contributed by atoms with Gasteiger partial charge in [-0.15, -0.1) is 0 Å². The van der Waals surface area contributed by atoms with Crippen LogP contribution in [0.5, 0.6) is 0 Å². The fraction of sp³-hybridized carbons (Fsp3) is 0.500. The second-order valence-electron chi connectivity index (χ2n) is 5.83. The number of nitrogens with zero attached hydrogens (tertiary/aromatic N) is 3. The minimum absolute atomic E-state index is 0.301. The zero-order valence-electron chi connectivity index (χ0n) is 11.4. The molecule has 1 aromatic rings. The highest BCUT2D eigenvalue weighted by Crippen LogP contribution is 2.37. The van der Waals surface area contributed by atoms with E-state index >= 15 is 0 Å². The third-order valence-corrected chi connectivity index (χ3v) is 4.55. The number of hydrogen-bond donors (Lipinski definition) is 1. The molecule has 2 atom stereocenters. The summed E-state index contributed by atoms with van der Waals surface area (Å²) in [6, 6.07) is 11.1. The highest BCUT2D eigenvalue weighted by molar-refractivity contribution is 5.59. The van der Waals surface area contributed by atoms with E-state index < -0.39 is 0 Å². The van der Waals surface area contributed by atoms with Gasteiger partial charge in [0.05, 0.1) is 11.1 Å². The molecule has 2 fully saturated rings. The summed E-state index contributed by atoms with van der Waals surface area (Å²) in [7, 11) is 0. The van der Waals surface area contributed by atoms with Crippen LogP contribution in [-0.2, 0) is 0 Å². The van der Waals surface area contributed by atoms with Gasteiger partial charge < -0.3 is 10.6 Å². The van der Waals surface area contributed by atoms with Gasteiger partial charge in [-0.2, -0.15) is 10.5 Å². The molecule has 0 spiro atoms. The Balaban J connectivity index is 1.97. The van der Waals surface area contributed by atoms with E-state index in [4.69, 9.17) is 11.0 Å². The predicted octanol–water partition coefficient (Wildman–Crippen LogP) is 2.28. The average Bonchev–Trinajstić information content (AvgIpc) is 2.45. The average molecular weight is 266 g/mol. The molecule has 2 N–H and O–H groups in total. The molecule has 4 heteroatoms. The molecule has 0 radical (unpaired) electrons. The Morgan fingerprint density at radius 1 is 1.05 bits per heavy atom. The largest absolute Gasteiger partial charge is 0.365 e. The van der Waals surface area contributed by atoms with Crippen LogP contribution in [0.25, 0.3) is 0 Å². The van der Waals surface area contributed by atoms with Crippen molar-refractivity contribution in [1.82, 2.24) is 0 Å². The van der Waals surface area contributed by atoms with Crippen LogP contribution in [0.4, 0.5) is 5.69 Å². The molecule has 2 unspecified atom stereocenters. The smallest absolute Gasteiger partial charge is 0.101 e. The zero-order chi connectivity index (χ0) is 14.1. The van der Waals surface area contributed by atoms with E-state index in [2.05, 4.69) is 17.0 Å². The van der Waals surface area contributed by atoms with Crippen molar-refractivity contribution in [2.45, 2.75) is 50.2 Å². The van der Waals surface area contributed by atoms with Gasteiger partial charge in [0.15, 0.2) is 0 Å². The molecule has 2 saturated heterocycles. The Bertz CT molecular complexity index is 581. The minimum Gasteiger partial charge on any atom is -0.365 e. The van der Waals surface area contributed by atoms with E-state index in [0.717, 1.165) is 18.5 Å². The molecule has 2 heterocycles. The first-order valence-electron chi connectivity index (χ1n) is 7.21. The maximum absolute atomic E-state index is 9.18. The number of piperidine rings is 2. The van der Waals surface area contributed by atoms with Crippen LogP contribution in [0.1, 0.15) is 43.2 Å². The van der Waals surface area contributed by atoms with E-state index in [0.29, 0.717) is 29.3 Å². The molecule has 4 nitrogen and oxygen atoms in total. The van der Waals surface area contributed by atoms with E-state index in [9.17, 15) is 5.26 Å². The molecule has 2 aliphatic heterocycles. The summed E-state index contributed by atoms with van der Waals surface area (Å²) in [5.74, 6) is 0. The second-order valence-corrected chi connectivity index (χ2v) is 5.83. The second kappa shape index (κ2) is 5.15. The molecule has 2 bridgehead atoms. The number of rotatable bonds is 1. The molecular formula is C16H18N4. The van der Waals surface area contributed by atoms with E-state index in [1.165, 1.54) is 19.3 Å². The third kappa shape index (κ3) is 2.13. The van der Waals surface area contributed by atoms with Crippen molar-refractivity contribution in [3.63, 3.8) is 0 Å². The van der Waals surface area contributed by atoms with Gasteiger partial charge in [-0.05, 0) is 50.3 Å². The molecule has 2 aliphatic rings. The van der Waals surface area contributed by atoms with Gasteiger partial charge in [0.1, 0.15) is 12.1 Å². The highest BCUT2D eigenvalue weighted by atomic mass is 15.2. The first kappa shape index (κ1) is 13.0. The fourth-order valence-electron chi connectivity index (χ4n) is 3.73. The fourth-order valence-corrected chi connectivity index (χ4v) is 3.73. The van der Waals surface area contributed by atoms with Crippen molar-refractivity contribution >= 4 is 5.69 Å². The maximum atomic E-state index is 9.18. The Kier molecular flexibility index (Phi) is 3.34. The van der Waals surface area contributed by atoms with Crippen LogP contribution in [0.3, 0.4) is 0 Å². The number of nitriles is 2. The van der Waals surface area contributed by atoms with Crippen LogP contribution in [0.15, 0.2) is 18.2 Å². The van der Waals surface area contributed by atoms with Gasteiger partial charge >= 0.3 is 0 Å². The lowest BCUT2D eigenvalue weighted by Crippen LogP contribution is -2.55. The van der Waals surface area contributed by atoms with Gasteiger partial charge in [-0.3, -0.25) is 0 Å². The SMILES string of the molecule is N#Cc1ccc(N2C3CCCC2CC(N)C3)cc1C#N. The predicted molar refractivity (Wildman–Crippen MR) is 77.0 cm³/mol. The summed E-state index contributed by atoms with van der Waals surface area (Å²) in [6.07, 6.45) is 5.66. The molecule has 1 aromatic carbocycles. The van der Waals surface area contributed by atoms with Crippen molar-refractivity contribution in [2.24, 2.45) is 5.73 Å². The van der Waals surface area contributed by atoms with Gasteiger partial charge in [0, 0.05) is 23.8 Å². The number of hydrogen-bond acceptors (Lipinski definition) is 4. The Hall–Kier alpha value is -2.04. The van der Waals surface area contributed by atoms with Crippen LogP contribution in [-0.4, -0.2) is 18.1 Å². The Morgan fingerprint density at radius 2 is 1.70 bits per heavy atom. The summed E-state index contributed by atoms with van der Waals surface area (Å²) in [5, 5.41) is 18.2. The lowest BCUT2D eigenvalue weighted by Gasteiger charge is -2.49. The monoisotopic (exact) mass is 266 g/mol. The molecular weight excluding hydrogens is 248 g/mol. The highest BCUT2D eigenvalue weighted by Gasteiger charge is 2.37. The number of fused-ring (bicyclic) bond motifs is 2. The zero-order valence-corrected chi connectivity index (χ0v) is 11.4. The lowest BCUT2D eigenvalue weighted by atomic mass is 9.81. The number of benzene rings is 1. The first-order chi connectivity index (χ1) is 9.72. The normalized spacial score (nSPS) is 28.6. The maximum Gasteiger partial charge on any atom is 0.101 e. The molecule has 3 rings (SSSR count). The molecule has 0 amide bonds. The Morgan fingerprint density at radius 3 is 2.30 bits per heavy atom. The van der Waals surface area contributed by atoms with Crippen LogP contribution < -0.4 is 10.6 Å². The van der Waals surface area contributed by atoms with E-state index in [1.54, 1.807) is 6.07 Å². The topological polar surface area (TPSA) is 76.8 Å². The van der Waals surface area contributed by atoms with Crippen molar-refractivity contribution < 1.29 is 0 Å². The number of anilines is 1. The molecule has 0 aliphatic carbocycles. The summed E-state index contributed by atoms with van der Waals surface area (Å²) in [6.45, 7) is 0. The molecule has 0 aromatic heterocycles. The summed E-state index contributed by atoms with van der Waals surface area (Å²) < 4.78 is 0. The quantitative estimate of drug-likeness (QED) is 0.846. The summed E-state index contributed by atoms with van der Waals surface area (Å²) in [5.41, 5.74) is 8.14. The third-order valence-electron chi connectivity index (χ3n) is 4.55. The van der Waals surface area contributed by atoms with Gasteiger partial charge in [-0.1, -0.05) is 0 Å². The summed E-state index contributed by atoms with van der Waals surface area (Å²) >= 11 is 0. The molecule has 102 valence electrons. The molecule has 20 heavy (non-hydrogen) atoms. The van der Waals surface area contributed by atoms with E-state index in [1.807, 2.05) is 12.1 Å². The summed E-state index contributed by atoms with van der Waals surface area (Å²) in [4.78, 5) is 2.44. The minimum atomic E-state index is 0.301. The van der Waals surface area contributed by atoms with Gasteiger partial charge in [0.25, 0.3) is 0 Å². The van der Waals surface area contributed by atoms with Crippen LogP contribution in [0, 0.1) is 22.7 Å². The van der Waals surface area contributed by atoms with Crippen molar-refractivity contribution in [1.29, 1.82) is 10.5 Å². The van der Waals surface area contributed by atoms with Gasteiger partial charge in [-0.25, -0.2) is 0 Å². The van der Waals surface area contributed by atoms with Crippen molar-refractivity contribution in [2.75, 3.05) is 4.90 Å². The van der Waals surface area contributed by atoms with Crippen molar-refractivity contribution in [3.05, 3.63) is 29.3 Å². The van der Waals surface area contributed by atoms with Crippen LogP contribution >= 0.6 is 0 Å². The molecule has 0 saturated carbocycles. The first-order valence-corrected chi connectivity index (χ1v) is 7.21.